The molecule has 2 aromatic rings. The number of nitrogens with zero attached hydrogens (tertiary/aromatic N) is 4. The fraction of sp³-hybridized carbons (Fsp3) is 0.571. The third kappa shape index (κ3) is 2.57. The largest absolute Gasteiger partial charge is 0.481 e. The number of aromatic nitrogens is 4. The van der Waals surface area contributed by atoms with Gasteiger partial charge in [0.1, 0.15) is 0 Å². The number of hydrogen-bond acceptors (Lipinski definition) is 5. The van der Waals surface area contributed by atoms with E-state index in [1.807, 2.05) is 0 Å². The second kappa shape index (κ2) is 5.22. The van der Waals surface area contributed by atoms with E-state index in [0.29, 0.717) is 0 Å². The molecule has 0 spiro atoms. The lowest BCUT2D eigenvalue weighted by molar-refractivity contribution is -0.147. The summed E-state index contributed by atoms with van der Waals surface area (Å²) in [6.07, 6.45) is 3.25. The molecule has 0 aromatic carbocycles. The van der Waals surface area contributed by atoms with Crippen LogP contribution in [0.5, 0.6) is 0 Å². The zero-order chi connectivity index (χ0) is 15.0. The molecule has 2 aromatic heterocycles. The molecule has 6 nitrogen and oxygen atoms in total. The van der Waals surface area contributed by atoms with Gasteiger partial charge in [-0.15, -0.1) is 16.4 Å². The smallest absolute Gasteiger partial charge is 0.310 e. The van der Waals surface area contributed by atoms with Crippen LogP contribution < -0.4 is 0 Å². The fourth-order valence-corrected chi connectivity index (χ4v) is 3.76. The summed E-state index contributed by atoms with van der Waals surface area (Å²) in [5.74, 6) is 0.118. The summed E-state index contributed by atoms with van der Waals surface area (Å²) in [7, 11) is 0. The molecular weight excluding hydrogens is 288 g/mol. The highest BCUT2D eigenvalue weighted by molar-refractivity contribution is 7.10. The summed E-state index contributed by atoms with van der Waals surface area (Å²) in [6.45, 7) is 3.66. The molecule has 1 N–H and O–H groups in total. The topological polar surface area (TPSA) is 80.9 Å². The average molecular weight is 306 g/mol. The number of hydrogen-bond donors (Lipinski definition) is 1. The van der Waals surface area contributed by atoms with Crippen LogP contribution in [0.1, 0.15) is 48.9 Å². The van der Waals surface area contributed by atoms with E-state index in [-0.39, 0.29) is 12.5 Å². The number of thiophene rings is 1. The van der Waals surface area contributed by atoms with Gasteiger partial charge in [0.05, 0.1) is 12.0 Å². The van der Waals surface area contributed by atoms with E-state index in [4.69, 9.17) is 0 Å². The van der Waals surface area contributed by atoms with Crippen LogP contribution >= 0.6 is 11.3 Å². The first-order valence-electron chi connectivity index (χ1n) is 7.05. The molecular formula is C14H18N4O2S. The predicted molar refractivity (Wildman–Crippen MR) is 78.3 cm³/mol. The molecule has 21 heavy (non-hydrogen) atoms. The van der Waals surface area contributed by atoms with E-state index >= 15 is 0 Å². The molecule has 1 atom stereocenters. The number of carbonyl (C=O) groups is 1. The normalized spacial score (nSPS) is 18.5. The average Bonchev–Trinajstić information content (AvgIpc) is 3.06. The standard InChI is InChI=1S/C14H18N4O2S/c1-14(2,13(19)20)8-18-12(15-16-17-18)10-4-3-5-11-9(10)6-7-21-11/h6-7,10H,3-5,8H2,1-2H3,(H,19,20). The zero-order valence-corrected chi connectivity index (χ0v) is 12.9. The summed E-state index contributed by atoms with van der Waals surface area (Å²) in [5, 5.41) is 23.4. The van der Waals surface area contributed by atoms with Crippen LogP contribution in [0, 0.1) is 5.41 Å². The zero-order valence-electron chi connectivity index (χ0n) is 12.1. The Morgan fingerprint density at radius 3 is 3.14 bits per heavy atom. The highest BCUT2D eigenvalue weighted by Crippen LogP contribution is 2.38. The number of fused-ring (bicyclic) bond motifs is 1. The maximum atomic E-state index is 11.3. The van der Waals surface area contributed by atoms with E-state index in [1.165, 1.54) is 10.4 Å². The van der Waals surface area contributed by atoms with Crippen LogP contribution in [0.25, 0.3) is 0 Å². The quantitative estimate of drug-likeness (QED) is 0.937. The maximum absolute atomic E-state index is 11.3. The van der Waals surface area contributed by atoms with Crippen molar-refractivity contribution in [3.63, 3.8) is 0 Å². The van der Waals surface area contributed by atoms with Crippen LogP contribution in [0.15, 0.2) is 11.4 Å². The lowest BCUT2D eigenvalue weighted by atomic mass is 9.86. The van der Waals surface area contributed by atoms with Gasteiger partial charge in [0.15, 0.2) is 5.82 Å². The Bertz CT molecular complexity index is 661. The Morgan fingerprint density at radius 1 is 1.57 bits per heavy atom. The lowest BCUT2D eigenvalue weighted by Crippen LogP contribution is -2.31. The first-order valence-corrected chi connectivity index (χ1v) is 7.93. The van der Waals surface area contributed by atoms with Crippen molar-refractivity contribution in [3.05, 3.63) is 27.7 Å². The molecule has 0 saturated carbocycles. The minimum atomic E-state index is -0.893. The SMILES string of the molecule is CC(C)(Cn1nnnc1C1CCCc2sccc21)C(=O)O. The number of aryl methyl sites for hydroxylation is 1. The molecule has 7 heteroatoms. The minimum absolute atomic E-state index is 0.180. The second-order valence-electron chi connectivity index (χ2n) is 6.13. The van der Waals surface area contributed by atoms with E-state index in [9.17, 15) is 9.90 Å². The van der Waals surface area contributed by atoms with Crippen molar-refractivity contribution in [2.24, 2.45) is 5.41 Å². The molecule has 2 heterocycles. The monoisotopic (exact) mass is 306 g/mol. The van der Waals surface area contributed by atoms with Crippen molar-refractivity contribution in [2.75, 3.05) is 0 Å². The minimum Gasteiger partial charge on any atom is -0.481 e. The van der Waals surface area contributed by atoms with Crippen molar-refractivity contribution >= 4 is 17.3 Å². The fourth-order valence-electron chi connectivity index (χ4n) is 2.77. The second-order valence-corrected chi connectivity index (χ2v) is 7.13. The Kier molecular flexibility index (Phi) is 3.52. The first kappa shape index (κ1) is 14.2. The van der Waals surface area contributed by atoms with Crippen molar-refractivity contribution in [3.8, 4) is 0 Å². The lowest BCUT2D eigenvalue weighted by Gasteiger charge is -2.24. The Balaban J connectivity index is 1.93. The van der Waals surface area contributed by atoms with Crippen LogP contribution in [0.2, 0.25) is 0 Å². The molecule has 112 valence electrons. The highest BCUT2D eigenvalue weighted by Gasteiger charge is 2.32. The molecule has 0 bridgehead atoms. The molecule has 0 radical (unpaired) electrons. The number of rotatable bonds is 4. The van der Waals surface area contributed by atoms with Crippen LogP contribution in [0.3, 0.4) is 0 Å². The molecule has 3 rings (SSSR count). The molecule has 1 aliphatic rings. The van der Waals surface area contributed by atoms with E-state index < -0.39 is 11.4 Å². The molecule has 0 aliphatic heterocycles. The van der Waals surface area contributed by atoms with Gasteiger partial charge < -0.3 is 5.11 Å². The van der Waals surface area contributed by atoms with Crippen LogP contribution in [0.4, 0.5) is 0 Å². The van der Waals surface area contributed by atoms with Crippen molar-refractivity contribution in [1.82, 2.24) is 20.2 Å². The van der Waals surface area contributed by atoms with Gasteiger partial charge in [-0.05, 0) is 60.5 Å². The number of tetrazole rings is 1. The third-order valence-electron chi connectivity index (χ3n) is 4.05. The maximum Gasteiger partial charge on any atom is 0.310 e. The van der Waals surface area contributed by atoms with Crippen molar-refractivity contribution < 1.29 is 9.90 Å². The molecule has 0 amide bonds. The molecule has 1 aliphatic carbocycles. The van der Waals surface area contributed by atoms with Gasteiger partial charge in [-0.25, -0.2) is 4.68 Å². The van der Waals surface area contributed by atoms with Gasteiger partial charge in [-0.1, -0.05) is 0 Å². The molecule has 1 unspecified atom stereocenters. The van der Waals surface area contributed by atoms with E-state index in [2.05, 4.69) is 27.0 Å². The Morgan fingerprint density at radius 2 is 2.38 bits per heavy atom. The van der Waals surface area contributed by atoms with Crippen molar-refractivity contribution in [2.45, 2.75) is 45.6 Å². The summed E-state index contributed by atoms with van der Waals surface area (Å²) in [6, 6.07) is 2.14. The number of carboxylic acids is 1. The van der Waals surface area contributed by atoms with Crippen LogP contribution in [-0.4, -0.2) is 31.3 Å². The number of aliphatic carboxylic acids is 1. The summed E-state index contributed by atoms with van der Waals surface area (Å²) >= 11 is 1.78. The summed E-state index contributed by atoms with van der Waals surface area (Å²) in [5.41, 5.74) is 0.409. The van der Waals surface area contributed by atoms with Crippen LogP contribution in [-0.2, 0) is 17.8 Å². The van der Waals surface area contributed by atoms with Crippen molar-refractivity contribution in [1.29, 1.82) is 0 Å². The van der Waals surface area contributed by atoms with Gasteiger partial charge in [0.2, 0.25) is 0 Å². The highest BCUT2D eigenvalue weighted by atomic mass is 32.1. The molecule has 0 fully saturated rings. The van der Waals surface area contributed by atoms with E-state index in [0.717, 1.165) is 25.1 Å². The number of carboxylic acid groups (broad SMARTS) is 1. The van der Waals surface area contributed by atoms with Gasteiger partial charge in [-0.3, -0.25) is 4.79 Å². The predicted octanol–water partition coefficient (Wildman–Crippen LogP) is 2.31. The Labute approximate surface area is 126 Å². The third-order valence-corrected chi connectivity index (χ3v) is 5.04. The van der Waals surface area contributed by atoms with Gasteiger partial charge >= 0.3 is 5.97 Å². The van der Waals surface area contributed by atoms with Gasteiger partial charge in [0, 0.05) is 10.8 Å². The van der Waals surface area contributed by atoms with E-state index in [1.54, 1.807) is 29.9 Å². The molecule has 0 saturated heterocycles. The summed E-state index contributed by atoms with van der Waals surface area (Å²) < 4.78 is 1.66. The summed E-state index contributed by atoms with van der Waals surface area (Å²) in [4.78, 5) is 12.7. The Hall–Kier alpha value is -1.76. The van der Waals surface area contributed by atoms with Gasteiger partial charge in [0.25, 0.3) is 0 Å². The first-order chi connectivity index (χ1) is 9.99. The van der Waals surface area contributed by atoms with Gasteiger partial charge in [-0.2, -0.15) is 0 Å².